The first-order valence-electron chi connectivity index (χ1n) is 5.15. The fourth-order valence-electron chi connectivity index (χ4n) is 1.49. The van der Waals surface area contributed by atoms with Gasteiger partial charge in [-0.3, -0.25) is 4.79 Å². The van der Waals surface area contributed by atoms with Gasteiger partial charge in [-0.15, -0.1) is 11.3 Å². The molecule has 96 valence electrons. The number of amides is 1. The highest BCUT2D eigenvalue weighted by Gasteiger charge is 2.20. The number of hydrogen-bond donors (Lipinski definition) is 2. The van der Waals surface area contributed by atoms with Gasteiger partial charge in [0, 0.05) is 0 Å². The summed E-state index contributed by atoms with van der Waals surface area (Å²) in [5.41, 5.74) is 11.5. The second-order valence-corrected chi connectivity index (χ2v) is 5.11. The summed E-state index contributed by atoms with van der Waals surface area (Å²) in [6.45, 7) is 2.31. The molecular formula is C10H12N4O2S2. The van der Waals surface area contributed by atoms with Gasteiger partial charge >= 0.3 is 0 Å². The Hall–Kier alpha value is -1.54. The van der Waals surface area contributed by atoms with Crippen molar-refractivity contribution in [2.75, 3.05) is 18.6 Å². The Kier molecular flexibility index (Phi) is 3.58. The third-order valence-corrected chi connectivity index (χ3v) is 3.88. The molecule has 0 aliphatic heterocycles. The zero-order valence-corrected chi connectivity index (χ0v) is 11.5. The summed E-state index contributed by atoms with van der Waals surface area (Å²) in [5, 5.41) is 1.14. The predicted octanol–water partition coefficient (Wildman–Crippen LogP) is 1.49. The average molecular weight is 284 g/mol. The molecule has 0 aliphatic carbocycles. The zero-order chi connectivity index (χ0) is 13.3. The molecule has 8 heteroatoms. The van der Waals surface area contributed by atoms with Crippen molar-refractivity contribution >= 4 is 44.9 Å². The minimum Gasteiger partial charge on any atom is -0.477 e. The molecule has 2 aromatic heterocycles. The van der Waals surface area contributed by atoms with E-state index < -0.39 is 5.91 Å². The zero-order valence-electron chi connectivity index (χ0n) is 9.89. The van der Waals surface area contributed by atoms with Crippen LogP contribution >= 0.6 is 23.1 Å². The van der Waals surface area contributed by atoms with Crippen molar-refractivity contribution in [3.05, 3.63) is 4.88 Å². The number of primary amides is 1. The van der Waals surface area contributed by atoms with Crippen LogP contribution in [-0.4, -0.2) is 28.7 Å². The number of carbonyl (C=O) groups is 1. The molecule has 0 saturated carbocycles. The Labute approximate surface area is 112 Å². The molecular weight excluding hydrogens is 272 g/mol. The highest BCUT2D eigenvalue weighted by molar-refractivity contribution is 7.98. The van der Waals surface area contributed by atoms with E-state index >= 15 is 0 Å². The highest BCUT2D eigenvalue weighted by Crippen LogP contribution is 2.38. The van der Waals surface area contributed by atoms with Crippen LogP contribution in [0.3, 0.4) is 0 Å². The first kappa shape index (κ1) is 12.9. The van der Waals surface area contributed by atoms with E-state index in [9.17, 15) is 4.79 Å². The third-order valence-electron chi connectivity index (χ3n) is 2.22. The molecule has 2 rings (SSSR count). The fourth-order valence-corrected chi connectivity index (χ4v) is 2.84. The lowest BCUT2D eigenvalue weighted by atomic mass is 10.3. The van der Waals surface area contributed by atoms with E-state index in [-0.39, 0.29) is 0 Å². The highest BCUT2D eigenvalue weighted by atomic mass is 32.2. The predicted molar refractivity (Wildman–Crippen MR) is 73.3 cm³/mol. The number of carbonyl (C=O) groups excluding carboxylic acids is 1. The van der Waals surface area contributed by atoms with Crippen LogP contribution < -0.4 is 16.2 Å². The number of nitrogens with zero attached hydrogens (tertiary/aromatic N) is 2. The maximum atomic E-state index is 11.3. The van der Waals surface area contributed by atoms with Crippen LogP contribution in [0, 0.1) is 0 Å². The lowest BCUT2D eigenvalue weighted by Crippen LogP contribution is -2.10. The second-order valence-electron chi connectivity index (χ2n) is 3.34. The molecule has 0 aliphatic rings. The minimum absolute atomic E-state index is 0.290. The van der Waals surface area contributed by atoms with E-state index in [0.29, 0.717) is 38.4 Å². The lowest BCUT2D eigenvalue weighted by molar-refractivity contribution is 0.100. The number of thiophene rings is 1. The number of aromatic nitrogens is 2. The van der Waals surface area contributed by atoms with Crippen LogP contribution in [0.1, 0.15) is 16.6 Å². The van der Waals surface area contributed by atoms with E-state index in [1.54, 1.807) is 0 Å². The summed E-state index contributed by atoms with van der Waals surface area (Å²) in [6.07, 6.45) is 1.86. The quantitative estimate of drug-likeness (QED) is 0.651. The van der Waals surface area contributed by atoms with Crippen LogP contribution in [0.4, 0.5) is 5.69 Å². The van der Waals surface area contributed by atoms with Gasteiger partial charge in [-0.05, 0) is 13.2 Å². The van der Waals surface area contributed by atoms with E-state index in [2.05, 4.69) is 9.97 Å². The van der Waals surface area contributed by atoms with E-state index in [4.69, 9.17) is 16.2 Å². The molecule has 2 aromatic rings. The molecule has 0 atom stereocenters. The Bertz CT molecular complexity index is 611. The Morgan fingerprint density at radius 2 is 2.22 bits per heavy atom. The van der Waals surface area contributed by atoms with Gasteiger partial charge in [0.15, 0.2) is 5.16 Å². The number of thioether (sulfide) groups is 1. The monoisotopic (exact) mass is 284 g/mol. The standard InChI is InChI=1S/C10H12N4O2S2/c1-3-16-8-4-5(11)6(7(12)15)18-9(4)14-10(13-8)17-2/h3,11H2,1-2H3,(H2,12,15). The fraction of sp³-hybridized carbons (Fsp3) is 0.300. The lowest BCUT2D eigenvalue weighted by Gasteiger charge is -2.05. The van der Waals surface area contributed by atoms with Crippen LogP contribution in [-0.2, 0) is 0 Å². The topological polar surface area (TPSA) is 104 Å². The van der Waals surface area contributed by atoms with Crippen LogP contribution in [0.5, 0.6) is 5.88 Å². The third kappa shape index (κ3) is 2.08. The molecule has 0 saturated heterocycles. The van der Waals surface area contributed by atoms with Gasteiger partial charge in [0.1, 0.15) is 9.71 Å². The number of ether oxygens (including phenoxy) is 1. The number of nitrogen functional groups attached to an aromatic ring is 1. The number of rotatable bonds is 4. The van der Waals surface area contributed by atoms with Crippen molar-refractivity contribution in [3.63, 3.8) is 0 Å². The maximum absolute atomic E-state index is 11.3. The first-order chi connectivity index (χ1) is 8.58. The van der Waals surface area contributed by atoms with Crippen molar-refractivity contribution in [2.45, 2.75) is 12.1 Å². The number of fused-ring (bicyclic) bond motifs is 1. The first-order valence-corrected chi connectivity index (χ1v) is 7.19. The largest absolute Gasteiger partial charge is 0.477 e. The van der Waals surface area contributed by atoms with Crippen LogP contribution in [0.2, 0.25) is 0 Å². The molecule has 0 radical (unpaired) electrons. The van der Waals surface area contributed by atoms with E-state index in [0.717, 1.165) is 11.3 Å². The Morgan fingerprint density at radius 1 is 1.50 bits per heavy atom. The number of anilines is 1. The van der Waals surface area contributed by atoms with Gasteiger partial charge < -0.3 is 16.2 Å². The normalized spacial score (nSPS) is 10.8. The van der Waals surface area contributed by atoms with Gasteiger partial charge in [0.2, 0.25) is 5.88 Å². The van der Waals surface area contributed by atoms with Gasteiger partial charge in [-0.1, -0.05) is 11.8 Å². The smallest absolute Gasteiger partial charge is 0.260 e. The molecule has 0 unspecified atom stereocenters. The molecule has 2 heterocycles. The summed E-state index contributed by atoms with van der Waals surface area (Å²) >= 11 is 2.55. The van der Waals surface area contributed by atoms with E-state index in [1.807, 2.05) is 13.2 Å². The Balaban J connectivity index is 2.75. The number of hydrogen-bond acceptors (Lipinski definition) is 7. The summed E-state index contributed by atoms with van der Waals surface area (Å²) in [4.78, 5) is 20.7. The minimum atomic E-state index is -0.566. The molecule has 1 amide bonds. The molecule has 4 N–H and O–H groups in total. The molecule has 6 nitrogen and oxygen atoms in total. The van der Waals surface area contributed by atoms with E-state index in [1.165, 1.54) is 11.8 Å². The van der Waals surface area contributed by atoms with Crippen LogP contribution in [0.15, 0.2) is 5.16 Å². The van der Waals surface area contributed by atoms with Crippen molar-refractivity contribution < 1.29 is 9.53 Å². The van der Waals surface area contributed by atoms with Gasteiger partial charge in [-0.2, -0.15) is 4.98 Å². The van der Waals surface area contributed by atoms with Crippen molar-refractivity contribution in [3.8, 4) is 5.88 Å². The van der Waals surface area contributed by atoms with Crippen LogP contribution in [0.25, 0.3) is 10.2 Å². The maximum Gasteiger partial charge on any atom is 0.260 e. The second kappa shape index (κ2) is 4.99. The van der Waals surface area contributed by atoms with Crippen molar-refractivity contribution in [1.29, 1.82) is 0 Å². The summed E-state index contributed by atoms with van der Waals surface area (Å²) in [5.74, 6) is -0.170. The summed E-state index contributed by atoms with van der Waals surface area (Å²) < 4.78 is 5.45. The molecule has 0 spiro atoms. The molecule has 0 bridgehead atoms. The summed E-state index contributed by atoms with van der Waals surface area (Å²) in [6, 6.07) is 0. The molecule has 18 heavy (non-hydrogen) atoms. The van der Waals surface area contributed by atoms with Crippen molar-refractivity contribution in [1.82, 2.24) is 9.97 Å². The average Bonchev–Trinajstić information content (AvgIpc) is 2.67. The summed E-state index contributed by atoms with van der Waals surface area (Å²) in [7, 11) is 0. The molecule has 0 aromatic carbocycles. The molecule has 0 fully saturated rings. The van der Waals surface area contributed by atoms with Crippen molar-refractivity contribution in [2.24, 2.45) is 5.73 Å². The number of nitrogens with two attached hydrogens (primary N) is 2. The SMILES string of the molecule is CCOc1nc(SC)nc2sc(C(N)=O)c(N)c12. The van der Waals surface area contributed by atoms with Gasteiger partial charge in [-0.25, -0.2) is 4.98 Å². The van der Waals surface area contributed by atoms with Gasteiger partial charge in [0.25, 0.3) is 5.91 Å². The Morgan fingerprint density at radius 3 is 2.78 bits per heavy atom. The van der Waals surface area contributed by atoms with Gasteiger partial charge in [0.05, 0.1) is 17.7 Å².